The number of Topliss-reactive ketones (excluding diaryl/α,β-unsaturated/α-hetero) is 1. The minimum absolute atomic E-state index is 0. The van der Waals surface area contributed by atoms with Crippen molar-refractivity contribution >= 4 is 62.1 Å². The van der Waals surface area contributed by atoms with Crippen molar-refractivity contribution in [1.82, 2.24) is 0 Å². The second-order valence-corrected chi connectivity index (χ2v) is 17.1. The molecule has 4 aromatic rings. The average molecular weight is 1270 g/mol. The van der Waals surface area contributed by atoms with Gasteiger partial charge in [0.2, 0.25) is 0 Å². The van der Waals surface area contributed by atoms with Gasteiger partial charge in [0.25, 0.3) is 0 Å². The van der Waals surface area contributed by atoms with E-state index >= 15 is 0 Å². The van der Waals surface area contributed by atoms with E-state index in [0.29, 0.717) is 12.1 Å². The fourth-order valence-corrected chi connectivity index (χ4v) is 6.95. The second-order valence-electron chi connectivity index (χ2n) is 16.5. The Morgan fingerprint density at radius 2 is 0.560 bits per heavy atom. The zero-order valence-corrected chi connectivity index (χ0v) is 41.7. The van der Waals surface area contributed by atoms with Crippen LogP contribution in [0.5, 0.6) is 0 Å². The van der Waals surface area contributed by atoms with Gasteiger partial charge in [-0.25, -0.2) is 0 Å². The molecular formula is C45H36BBrF24N2OPd. The third kappa shape index (κ3) is 19.1. The number of benzene rings is 4. The molecule has 0 aromatic heterocycles. The first-order chi connectivity index (χ1) is 33.1. The summed E-state index contributed by atoms with van der Waals surface area (Å²) in [6, 6.07) is -8.06. The van der Waals surface area contributed by atoms with Gasteiger partial charge in [-0.1, -0.05) is 55.5 Å². The molecule has 0 aliphatic carbocycles. The standard InChI is InChI=1S/C32H12BF24.C8H16N2.C5H8BrO.Pd/c34-25(35,36)13-1-14(26(37,38)39)6-21(5-13)33(22-7-15(27(40,41)42)2-16(8-22)28(43,44)45,23-9-17(29(46,47)48)3-18(10-23)30(49,50)51)24-11-19(31(52,53)54)4-20(12-24)32(55,56)57;1-7(2)9-5-6-10-8(3)4;1-4(3-6)5(2)7;/h1-12H;5-8H,1-4H3;3-4H,1-2H3;/q-1;;-1;+2/t;;4-;/m..0./s1. The predicted molar refractivity (Wildman–Crippen MR) is 230 cm³/mol. The Balaban J connectivity index is 0.00000134. The molecule has 0 unspecified atom stereocenters. The molecule has 0 saturated carbocycles. The zero-order chi connectivity index (χ0) is 57.8. The van der Waals surface area contributed by atoms with E-state index in [1.54, 1.807) is 24.7 Å². The Morgan fingerprint density at radius 1 is 0.400 bits per heavy atom. The SMILES string of the molecule is CC(=O)[C@@H](C)[CH-]Br.CC(C)N=CC=NC(C)C.FC(F)(F)c1cc([B-](c2cc(C(F)(F)F)cc(C(F)(F)F)c2)(c2cc(C(F)(F)F)cc(C(F)(F)F)c2)c2cc(C(F)(F)F)cc(C(F)(F)F)c2)cc(C(F)(F)F)c1.[Pd+2]. The van der Waals surface area contributed by atoms with E-state index in [2.05, 4.69) is 25.9 Å². The first-order valence-corrected chi connectivity index (χ1v) is 21.3. The smallest absolute Gasteiger partial charge is 0.319 e. The molecule has 3 nitrogen and oxygen atoms in total. The molecule has 0 fully saturated rings. The molecular weight excluding hydrogens is 1240 g/mol. The van der Waals surface area contributed by atoms with E-state index in [9.17, 15) is 110 Å². The van der Waals surface area contributed by atoms with Crippen molar-refractivity contribution in [2.75, 3.05) is 0 Å². The average Bonchev–Trinajstić information content (AvgIpc) is 3.22. The molecule has 4 aromatic carbocycles. The van der Waals surface area contributed by atoms with E-state index < -0.39 is 195 Å². The van der Waals surface area contributed by atoms with Crippen LogP contribution in [0.25, 0.3) is 0 Å². The van der Waals surface area contributed by atoms with Gasteiger partial charge in [0.1, 0.15) is 11.9 Å². The van der Waals surface area contributed by atoms with Gasteiger partial charge in [0.05, 0.1) is 44.5 Å². The predicted octanol–water partition coefficient (Wildman–Crippen LogP) is 14.9. The van der Waals surface area contributed by atoms with E-state index in [4.69, 9.17) is 0 Å². The van der Waals surface area contributed by atoms with Gasteiger partial charge in [0, 0.05) is 24.5 Å². The van der Waals surface area contributed by atoms with Gasteiger partial charge in [-0.3, -0.25) is 15.3 Å². The van der Waals surface area contributed by atoms with E-state index in [-0.39, 0.29) is 32.1 Å². The Kier molecular flexibility index (Phi) is 22.6. The van der Waals surface area contributed by atoms with Crippen LogP contribution in [0.2, 0.25) is 0 Å². The largest absolute Gasteiger partial charge is 2.00 e. The van der Waals surface area contributed by atoms with Crippen LogP contribution in [0.15, 0.2) is 82.8 Å². The molecule has 0 aliphatic heterocycles. The quantitative estimate of drug-likeness (QED) is 0.0713. The summed E-state index contributed by atoms with van der Waals surface area (Å²) < 4.78 is 341. The zero-order valence-electron chi connectivity index (χ0n) is 38.5. The van der Waals surface area contributed by atoms with E-state index in [1.165, 1.54) is 0 Å². The molecule has 0 aliphatic rings. The molecule has 0 radical (unpaired) electrons. The number of nitrogens with zero attached hydrogens (tertiary/aromatic N) is 2. The van der Waals surface area contributed by atoms with Crippen molar-refractivity contribution in [3.05, 3.63) is 123 Å². The first-order valence-electron chi connectivity index (χ1n) is 20.4. The van der Waals surface area contributed by atoms with Crippen molar-refractivity contribution in [2.45, 2.75) is 103 Å². The molecule has 0 heterocycles. The number of alkyl halides is 24. The van der Waals surface area contributed by atoms with Gasteiger partial charge < -0.3 is 20.7 Å². The third-order valence-corrected chi connectivity index (χ3v) is 10.9. The summed E-state index contributed by atoms with van der Waals surface area (Å²) in [5.74, 6) is 0.247. The molecule has 75 heavy (non-hydrogen) atoms. The number of aliphatic imine (C=N–C) groups is 2. The van der Waals surface area contributed by atoms with Crippen molar-refractivity contribution < 1.29 is 131 Å². The summed E-state index contributed by atoms with van der Waals surface area (Å²) in [6.45, 7) is 11.6. The van der Waals surface area contributed by atoms with Crippen LogP contribution in [-0.4, -0.2) is 36.4 Å². The molecule has 0 N–H and O–H groups in total. The number of rotatable bonds is 9. The maximum atomic E-state index is 14.2. The van der Waals surface area contributed by atoms with Crippen LogP contribution in [0.4, 0.5) is 105 Å². The Morgan fingerprint density at radius 3 is 0.653 bits per heavy atom. The topological polar surface area (TPSA) is 41.8 Å². The van der Waals surface area contributed by atoms with Crippen LogP contribution in [0, 0.1) is 11.2 Å². The molecule has 4 rings (SSSR count). The number of ketones is 1. The molecule has 0 bridgehead atoms. The van der Waals surface area contributed by atoms with Gasteiger partial charge >= 0.3 is 69.8 Å². The first kappa shape index (κ1) is 68.4. The summed E-state index contributed by atoms with van der Waals surface area (Å²) in [5.41, 5.74) is -30.2. The molecule has 30 heteroatoms. The summed E-state index contributed by atoms with van der Waals surface area (Å²) in [7, 11) is 0. The Bertz CT molecular complexity index is 2170. The van der Waals surface area contributed by atoms with Gasteiger partial charge in [-0.05, 0) is 58.9 Å². The third-order valence-electron chi connectivity index (χ3n) is 10.1. The summed E-state index contributed by atoms with van der Waals surface area (Å²) in [6.07, 6.45) is -51.3. The maximum Gasteiger partial charge on any atom is 2.00 e. The van der Waals surface area contributed by atoms with Gasteiger partial charge in [0.15, 0.2) is 0 Å². The number of hydrogen-bond donors (Lipinski definition) is 0. The monoisotopic (exact) mass is 1270 g/mol. The summed E-state index contributed by atoms with van der Waals surface area (Å²) >= 11 is 3.07. The van der Waals surface area contributed by atoms with Crippen LogP contribution in [0.3, 0.4) is 0 Å². The number of halogens is 25. The van der Waals surface area contributed by atoms with Crippen molar-refractivity contribution in [1.29, 1.82) is 0 Å². The molecule has 1 atom stereocenters. The Hall–Kier alpha value is -4.58. The normalized spacial score (nSPS) is 13.9. The summed E-state index contributed by atoms with van der Waals surface area (Å²) in [5, 5.41) is 1.70. The number of carbonyl (C=O) groups is 1. The maximum absolute atomic E-state index is 14.2. The minimum atomic E-state index is -6.13. The molecule has 420 valence electrons. The van der Waals surface area contributed by atoms with Gasteiger partial charge in [-0.2, -0.15) is 127 Å². The Labute approximate surface area is 433 Å². The molecule has 0 amide bonds. The second kappa shape index (κ2) is 24.8. The van der Waals surface area contributed by atoms with Crippen molar-refractivity contribution in [2.24, 2.45) is 15.9 Å². The molecule has 0 spiro atoms. The van der Waals surface area contributed by atoms with E-state index in [1.807, 2.05) is 34.6 Å². The fraction of sp³-hybridized carbons (Fsp3) is 0.378. The van der Waals surface area contributed by atoms with Crippen LogP contribution in [0.1, 0.15) is 86.1 Å². The molecule has 0 saturated heterocycles. The minimum Gasteiger partial charge on any atom is -0.319 e. The number of hydrogen-bond acceptors (Lipinski definition) is 3. The van der Waals surface area contributed by atoms with Crippen molar-refractivity contribution in [3.8, 4) is 0 Å². The number of carbonyl (C=O) groups excluding carboxylic acids is 1. The van der Waals surface area contributed by atoms with Crippen LogP contribution >= 0.6 is 15.9 Å². The van der Waals surface area contributed by atoms with Crippen LogP contribution in [-0.2, 0) is 74.6 Å². The fourth-order valence-electron chi connectivity index (χ4n) is 6.58. The van der Waals surface area contributed by atoms with Crippen LogP contribution < -0.4 is 21.9 Å². The van der Waals surface area contributed by atoms with Gasteiger partial charge in [-0.15, -0.1) is 5.92 Å². The van der Waals surface area contributed by atoms with Crippen molar-refractivity contribution in [3.63, 3.8) is 0 Å². The summed E-state index contributed by atoms with van der Waals surface area (Å²) in [4.78, 5) is 18.6. The van der Waals surface area contributed by atoms with E-state index in [0.717, 1.165) is 0 Å².